The van der Waals surface area contributed by atoms with Crippen LogP contribution in [0.1, 0.15) is 13.8 Å². The van der Waals surface area contributed by atoms with E-state index in [0.29, 0.717) is 17.0 Å². The van der Waals surface area contributed by atoms with E-state index in [0.717, 1.165) is 0 Å². The van der Waals surface area contributed by atoms with E-state index in [1.165, 1.54) is 6.33 Å². The van der Waals surface area contributed by atoms with Crippen molar-refractivity contribution >= 4 is 11.2 Å². The third-order valence-corrected chi connectivity index (χ3v) is 1.70. The number of rotatable bonds is 2. The third kappa shape index (κ3) is 1.39. The SMILES string of the molecule is CC(C)Oc1ncnc2c1nnn2C. The van der Waals surface area contributed by atoms with E-state index in [1.807, 2.05) is 13.8 Å². The average molecular weight is 193 g/mol. The summed E-state index contributed by atoms with van der Waals surface area (Å²) >= 11 is 0. The number of hydrogen-bond donors (Lipinski definition) is 0. The predicted molar refractivity (Wildman–Crippen MR) is 49.9 cm³/mol. The summed E-state index contributed by atoms with van der Waals surface area (Å²) < 4.78 is 7.06. The number of aryl methyl sites for hydroxylation is 1. The van der Waals surface area contributed by atoms with Gasteiger partial charge in [0.05, 0.1) is 6.10 Å². The summed E-state index contributed by atoms with van der Waals surface area (Å²) in [6, 6.07) is 0. The van der Waals surface area contributed by atoms with Crippen molar-refractivity contribution in [3.8, 4) is 5.88 Å². The van der Waals surface area contributed by atoms with Crippen molar-refractivity contribution < 1.29 is 4.74 Å². The van der Waals surface area contributed by atoms with Gasteiger partial charge in [0.15, 0.2) is 11.2 Å². The highest BCUT2D eigenvalue weighted by Gasteiger charge is 2.11. The number of nitrogens with zero attached hydrogens (tertiary/aromatic N) is 5. The Balaban J connectivity index is 2.54. The Morgan fingerprint density at radius 1 is 1.36 bits per heavy atom. The van der Waals surface area contributed by atoms with Gasteiger partial charge in [0, 0.05) is 7.05 Å². The molecule has 0 saturated heterocycles. The molecule has 0 unspecified atom stereocenters. The maximum Gasteiger partial charge on any atom is 0.247 e. The summed E-state index contributed by atoms with van der Waals surface area (Å²) in [5, 5.41) is 7.78. The number of fused-ring (bicyclic) bond motifs is 1. The van der Waals surface area contributed by atoms with Gasteiger partial charge in [0.2, 0.25) is 5.88 Å². The number of hydrogen-bond acceptors (Lipinski definition) is 5. The zero-order valence-corrected chi connectivity index (χ0v) is 8.30. The standard InChI is InChI=1S/C8H11N5O/c1-5(2)14-8-6-7(9-4-10-8)13(3)12-11-6/h4-5H,1-3H3. The zero-order chi connectivity index (χ0) is 10.1. The molecule has 2 heterocycles. The highest BCUT2D eigenvalue weighted by atomic mass is 16.5. The highest BCUT2D eigenvalue weighted by Crippen LogP contribution is 2.18. The fourth-order valence-electron chi connectivity index (χ4n) is 1.14. The fraction of sp³-hybridized carbons (Fsp3) is 0.500. The van der Waals surface area contributed by atoms with Crippen LogP contribution < -0.4 is 4.74 Å². The van der Waals surface area contributed by atoms with Gasteiger partial charge < -0.3 is 4.74 Å². The first-order valence-electron chi connectivity index (χ1n) is 4.35. The lowest BCUT2D eigenvalue weighted by Crippen LogP contribution is -2.07. The van der Waals surface area contributed by atoms with Crippen LogP contribution in [0.15, 0.2) is 6.33 Å². The van der Waals surface area contributed by atoms with Crippen molar-refractivity contribution in [1.82, 2.24) is 25.0 Å². The van der Waals surface area contributed by atoms with E-state index in [4.69, 9.17) is 4.74 Å². The fourth-order valence-corrected chi connectivity index (χ4v) is 1.14. The summed E-state index contributed by atoms with van der Waals surface area (Å²) in [7, 11) is 1.78. The molecule has 2 rings (SSSR count). The van der Waals surface area contributed by atoms with Crippen LogP contribution in [0.2, 0.25) is 0 Å². The van der Waals surface area contributed by atoms with Crippen LogP contribution in [0, 0.1) is 0 Å². The molecule has 0 bridgehead atoms. The van der Waals surface area contributed by atoms with Crippen LogP contribution in [-0.2, 0) is 7.05 Å². The van der Waals surface area contributed by atoms with Gasteiger partial charge in [-0.1, -0.05) is 5.21 Å². The first-order valence-corrected chi connectivity index (χ1v) is 4.35. The lowest BCUT2D eigenvalue weighted by atomic mass is 10.4. The summed E-state index contributed by atoms with van der Waals surface area (Å²) in [4.78, 5) is 8.07. The van der Waals surface area contributed by atoms with Gasteiger partial charge in [0.1, 0.15) is 6.33 Å². The predicted octanol–water partition coefficient (Wildman–Crippen LogP) is 0.545. The molecule has 0 amide bonds. The molecule has 0 aliphatic carbocycles. The van der Waals surface area contributed by atoms with Crippen LogP contribution in [0.5, 0.6) is 5.88 Å². The second-order valence-electron chi connectivity index (χ2n) is 3.23. The van der Waals surface area contributed by atoms with Crippen molar-refractivity contribution in [2.24, 2.45) is 7.05 Å². The minimum absolute atomic E-state index is 0.0649. The molecule has 0 fully saturated rings. The molecule has 74 valence electrons. The van der Waals surface area contributed by atoms with E-state index < -0.39 is 0 Å². The molecule has 0 atom stereocenters. The van der Waals surface area contributed by atoms with E-state index in [-0.39, 0.29) is 6.10 Å². The van der Waals surface area contributed by atoms with Crippen molar-refractivity contribution in [2.45, 2.75) is 20.0 Å². The topological polar surface area (TPSA) is 65.7 Å². The van der Waals surface area contributed by atoms with Crippen LogP contribution in [0.25, 0.3) is 11.2 Å². The van der Waals surface area contributed by atoms with Crippen LogP contribution in [-0.4, -0.2) is 31.1 Å². The molecule has 0 N–H and O–H groups in total. The summed E-state index contributed by atoms with van der Waals surface area (Å²) in [5.41, 5.74) is 1.28. The molecule has 0 aliphatic rings. The molecule has 6 nitrogen and oxygen atoms in total. The number of ether oxygens (including phenoxy) is 1. The Labute approximate surface area is 80.9 Å². The second-order valence-corrected chi connectivity index (χ2v) is 3.23. The lowest BCUT2D eigenvalue weighted by Gasteiger charge is -2.07. The van der Waals surface area contributed by atoms with E-state index in [2.05, 4.69) is 20.3 Å². The largest absolute Gasteiger partial charge is 0.473 e. The quantitative estimate of drug-likeness (QED) is 0.696. The lowest BCUT2D eigenvalue weighted by molar-refractivity contribution is 0.235. The summed E-state index contributed by atoms with van der Waals surface area (Å²) in [6.45, 7) is 3.87. The van der Waals surface area contributed by atoms with Crippen molar-refractivity contribution in [3.05, 3.63) is 6.33 Å². The van der Waals surface area contributed by atoms with Crippen LogP contribution >= 0.6 is 0 Å². The molecule has 2 aromatic heterocycles. The minimum Gasteiger partial charge on any atom is -0.473 e. The van der Waals surface area contributed by atoms with E-state index in [1.54, 1.807) is 11.7 Å². The van der Waals surface area contributed by atoms with Gasteiger partial charge >= 0.3 is 0 Å². The Hall–Kier alpha value is -1.72. The molecule has 0 saturated carbocycles. The molecule has 0 aromatic carbocycles. The van der Waals surface area contributed by atoms with Gasteiger partial charge in [-0.15, -0.1) is 5.10 Å². The minimum atomic E-state index is 0.0649. The monoisotopic (exact) mass is 193 g/mol. The highest BCUT2D eigenvalue weighted by molar-refractivity contribution is 5.74. The van der Waals surface area contributed by atoms with E-state index >= 15 is 0 Å². The maximum absolute atomic E-state index is 5.47. The smallest absolute Gasteiger partial charge is 0.247 e. The van der Waals surface area contributed by atoms with Gasteiger partial charge in [-0.2, -0.15) is 4.98 Å². The van der Waals surface area contributed by atoms with Crippen molar-refractivity contribution in [3.63, 3.8) is 0 Å². The molecular formula is C8H11N5O. The first-order chi connectivity index (χ1) is 6.68. The Kier molecular flexibility index (Phi) is 2.03. The zero-order valence-electron chi connectivity index (χ0n) is 8.30. The summed E-state index contributed by atoms with van der Waals surface area (Å²) in [5.74, 6) is 0.484. The maximum atomic E-state index is 5.47. The second kappa shape index (κ2) is 3.21. The Bertz CT molecular complexity index is 450. The van der Waals surface area contributed by atoms with Gasteiger partial charge in [-0.3, -0.25) is 0 Å². The molecular weight excluding hydrogens is 182 g/mol. The molecule has 6 heteroatoms. The Morgan fingerprint density at radius 2 is 2.14 bits per heavy atom. The van der Waals surface area contributed by atoms with Crippen LogP contribution in [0.4, 0.5) is 0 Å². The molecule has 0 spiro atoms. The molecule has 0 radical (unpaired) electrons. The van der Waals surface area contributed by atoms with Gasteiger partial charge in [-0.05, 0) is 13.8 Å². The molecule has 0 aliphatic heterocycles. The van der Waals surface area contributed by atoms with Crippen molar-refractivity contribution in [1.29, 1.82) is 0 Å². The average Bonchev–Trinajstić information content (AvgIpc) is 2.49. The van der Waals surface area contributed by atoms with Crippen molar-refractivity contribution in [2.75, 3.05) is 0 Å². The third-order valence-electron chi connectivity index (χ3n) is 1.70. The summed E-state index contributed by atoms with van der Waals surface area (Å²) in [6.07, 6.45) is 1.51. The van der Waals surface area contributed by atoms with Gasteiger partial charge in [-0.25, -0.2) is 9.67 Å². The molecule has 14 heavy (non-hydrogen) atoms. The number of aromatic nitrogens is 5. The van der Waals surface area contributed by atoms with E-state index in [9.17, 15) is 0 Å². The molecule has 2 aromatic rings. The normalized spacial score (nSPS) is 11.1. The Morgan fingerprint density at radius 3 is 2.86 bits per heavy atom. The van der Waals surface area contributed by atoms with Crippen LogP contribution in [0.3, 0.4) is 0 Å². The first kappa shape index (κ1) is 8.86. The van der Waals surface area contributed by atoms with Gasteiger partial charge in [0.25, 0.3) is 0 Å².